The number of carbonyl (C=O) groups is 1. The summed E-state index contributed by atoms with van der Waals surface area (Å²) in [6.45, 7) is 0. The van der Waals surface area contributed by atoms with Crippen molar-refractivity contribution >= 4 is 6.29 Å². The van der Waals surface area contributed by atoms with Crippen LogP contribution in [0.15, 0.2) is 6.20 Å². The Hall–Kier alpha value is -1.59. The molecule has 0 unspecified atom stereocenters. The Kier molecular flexibility index (Phi) is 3.06. The fraction of sp³-hybridized carbons (Fsp3) is 0.250. The molecule has 76 valence electrons. The molecule has 1 aromatic heterocycles. The van der Waals surface area contributed by atoms with Crippen LogP contribution in [0.2, 0.25) is 0 Å². The van der Waals surface area contributed by atoms with Crippen LogP contribution in [0.1, 0.15) is 22.5 Å². The van der Waals surface area contributed by atoms with Crippen molar-refractivity contribution in [2.45, 2.75) is 6.43 Å². The van der Waals surface area contributed by atoms with Crippen LogP contribution in [0.4, 0.5) is 13.2 Å². The highest BCUT2D eigenvalue weighted by molar-refractivity contribution is 5.74. The summed E-state index contributed by atoms with van der Waals surface area (Å²) in [5.74, 6) is -1.66. The number of ether oxygens (including phenoxy) is 1. The SMILES string of the molecule is COc1cnc(C=O)c(C(F)F)c1F. The Bertz CT molecular complexity index is 355. The molecule has 6 heteroatoms. The minimum absolute atomic E-state index is 0.0734. The zero-order valence-corrected chi connectivity index (χ0v) is 7.13. The number of aldehydes is 1. The number of nitrogens with zero attached hydrogens (tertiary/aromatic N) is 1. The molecule has 0 aliphatic rings. The number of hydrogen-bond donors (Lipinski definition) is 0. The number of alkyl halides is 2. The molecule has 0 atom stereocenters. The van der Waals surface area contributed by atoms with E-state index >= 15 is 0 Å². The van der Waals surface area contributed by atoms with Crippen molar-refractivity contribution in [1.29, 1.82) is 0 Å². The van der Waals surface area contributed by atoms with Crippen molar-refractivity contribution in [3.05, 3.63) is 23.3 Å². The number of aromatic nitrogens is 1. The van der Waals surface area contributed by atoms with Gasteiger partial charge in [0.15, 0.2) is 17.9 Å². The van der Waals surface area contributed by atoms with Crippen LogP contribution in [0.25, 0.3) is 0 Å². The fourth-order valence-corrected chi connectivity index (χ4v) is 0.943. The number of pyridine rings is 1. The molecular formula is C8H6F3NO2. The van der Waals surface area contributed by atoms with Crippen LogP contribution in [0.3, 0.4) is 0 Å². The van der Waals surface area contributed by atoms with Crippen molar-refractivity contribution in [2.75, 3.05) is 7.11 Å². The predicted octanol–water partition coefficient (Wildman–Crippen LogP) is 1.98. The second kappa shape index (κ2) is 4.08. The monoisotopic (exact) mass is 205 g/mol. The van der Waals surface area contributed by atoms with Crippen molar-refractivity contribution in [3.63, 3.8) is 0 Å². The molecule has 3 nitrogen and oxygen atoms in total. The number of hydrogen-bond acceptors (Lipinski definition) is 3. The van der Waals surface area contributed by atoms with Gasteiger partial charge in [0.2, 0.25) is 0 Å². The standard InChI is InChI=1S/C8H6F3NO2/c1-14-5-2-12-4(3-13)6(7(5)9)8(10)11/h2-3,8H,1H3. The van der Waals surface area contributed by atoms with E-state index in [0.717, 1.165) is 13.3 Å². The van der Waals surface area contributed by atoms with Crippen molar-refractivity contribution in [1.82, 2.24) is 4.98 Å². The van der Waals surface area contributed by atoms with Gasteiger partial charge < -0.3 is 4.74 Å². The van der Waals surface area contributed by atoms with Gasteiger partial charge in [-0.05, 0) is 0 Å². The number of methoxy groups -OCH3 is 1. The molecule has 0 aromatic carbocycles. The van der Waals surface area contributed by atoms with Gasteiger partial charge in [-0.1, -0.05) is 0 Å². The average Bonchev–Trinajstić information content (AvgIpc) is 2.16. The zero-order valence-electron chi connectivity index (χ0n) is 7.13. The summed E-state index contributed by atoms with van der Waals surface area (Å²) >= 11 is 0. The first-order valence-corrected chi connectivity index (χ1v) is 3.57. The molecule has 0 saturated carbocycles. The highest BCUT2D eigenvalue weighted by Crippen LogP contribution is 2.29. The summed E-state index contributed by atoms with van der Waals surface area (Å²) in [7, 11) is 1.12. The van der Waals surface area contributed by atoms with Gasteiger partial charge in [-0.3, -0.25) is 4.79 Å². The topological polar surface area (TPSA) is 39.2 Å². The Morgan fingerprint density at radius 3 is 2.64 bits per heavy atom. The van der Waals surface area contributed by atoms with E-state index in [9.17, 15) is 18.0 Å². The zero-order chi connectivity index (χ0) is 10.7. The van der Waals surface area contributed by atoms with E-state index in [1.54, 1.807) is 0 Å². The van der Waals surface area contributed by atoms with Gasteiger partial charge in [0.05, 0.1) is 18.9 Å². The van der Waals surface area contributed by atoms with Crippen molar-refractivity contribution in [2.24, 2.45) is 0 Å². The second-order valence-corrected chi connectivity index (χ2v) is 2.36. The normalized spacial score (nSPS) is 10.4. The molecule has 1 rings (SSSR count). The fourth-order valence-electron chi connectivity index (χ4n) is 0.943. The molecule has 1 heterocycles. The van der Waals surface area contributed by atoms with E-state index in [0.29, 0.717) is 0 Å². The first kappa shape index (κ1) is 10.5. The van der Waals surface area contributed by atoms with Gasteiger partial charge in [-0.25, -0.2) is 18.2 Å². The smallest absolute Gasteiger partial charge is 0.269 e. The Labute approximate surface area is 77.5 Å². The lowest BCUT2D eigenvalue weighted by atomic mass is 10.2. The highest BCUT2D eigenvalue weighted by atomic mass is 19.3. The van der Waals surface area contributed by atoms with E-state index < -0.39 is 29.2 Å². The van der Waals surface area contributed by atoms with Gasteiger partial charge in [-0.2, -0.15) is 0 Å². The molecule has 0 aliphatic carbocycles. The van der Waals surface area contributed by atoms with Gasteiger partial charge in [0.1, 0.15) is 5.69 Å². The average molecular weight is 205 g/mol. The van der Waals surface area contributed by atoms with Crippen molar-refractivity contribution < 1.29 is 22.7 Å². The summed E-state index contributed by atoms with van der Waals surface area (Å²) in [6, 6.07) is 0. The first-order valence-electron chi connectivity index (χ1n) is 3.57. The molecule has 0 amide bonds. The minimum atomic E-state index is -3.10. The third kappa shape index (κ3) is 1.68. The third-order valence-electron chi connectivity index (χ3n) is 1.60. The summed E-state index contributed by atoms with van der Waals surface area (Å²) in [6.07, 6.45) is -2.15. The molecule has 0 radical (unpaired) electrons. The van der Waals surface area contributed by atoms with Crippen LogP contribution in [0, 0.1) is 5.82 Å². The van der Waals surface area contributed by atoms with Crippen LogP contribution in [0.5, 0.6) is 5.75 Å². The molecular weight excluding hydrogens is 199 g/mol. The summed E-state index contributed by atoms with van der Waals surface area (Å²) in [5, 5.41) is 0. The minimum Gasteiger partial charge on any atom is -0.492 e. The largest absolute Gasteiger partial charge is 0.492 e. The van der Waals surface area contributed by atoms with E-state index in [2.05, 4.69) is 9.72 Å². The van der Waals surface area contributed by atoms with Gasteiger partial charge in [0.25, 0.3) is 6.43 Å². The quantitative estimate of drug-likeness (QED) is 0.708. The maximum absolute atomic E-state index is 13.2. The molecule has 0 N–H and O–H groups in total. The summed E-state index contributed by atoms with van der Waals surface area (Å²) in [4.78, 5) is 13.6. The molecule has 1 aromatic rings. The first-order chi connectivity index (χ1) is 6.61. The molecule has 0 bridgehead atoms. The molecule has 0 spiro atoms. The van der Waals surface area contributed by atoms with Crippen LogP contribution < -0.4 is 4.74 Å². The summed E-state index contributed by atoms with van der Waals surface area (Å²) < 4.78 is 42.2. The Balaban J connectivity index is 3.38. The Morgan fingerprint density at radius 2 is 2.21 bits per heavy atom. The van der Waals surface area contributed by atoms with E-state index in [4.69, 9.17) is 0 Å². The highest BCUT2D eigenvalue weighted by Gasteiger charge is 2.22. The van der Waals surface area contributed by atoms with Crippen LogP contribution in [-0.2, 0) is 0 Å². The van der Waals surface area contributed by atoms with E-state index in [-0.39, 0.29) is 6.29 Å². The molecule has 0 aliphatic heterocycles. The number of halogens is 3. The lowest BCUT2D eigenvalue weighted by molar-refractivity contribution is 0.109. The second-order valence-electron chi connectivity index (χ2n) is 2.36. The predicted molar refractivity (Wildman–Crippen MR) is 41.1 cm³/mol. The number of rotatable bonds is 3. The lowest BCUT2D eigenvalue weighted by Crippen LogP contribution is -2.03. The van der Waals surface area contributed by atoms with Crippen LogP contribution in [-0.4, -0.2) is 18.4 Å². The molecule has 14 heavy (non-hydrogen) atoms. The number of carbonyl (C=O) groups excluding carboxylic acids is 1. The van der Waals surface area contributed by atoms with E-state index in [1.807, 2.05) is 0 Å². The molecule has 0 fully saturated rings. The van der Waals surface area contributed by atoms with Gasteiger partial charge >= 0.3 is 0 Å². The maximum atomic E-state index is 13.2. The van der Waals surface area contributed by atoms with Gasteiger partial charge in [0, 0.05) is 0 Å². The molecule has 0 saturated heterocycles. The third-order valence-corrected chi connectivity index (χ3v) is 1.60. The van der Waals surface area contributed by atoms with Gasteiger partial charge in [-0.15, -0.1) is 0 Å². The van der Waals surface area contributed by atoms with Crippen LogP contribution >= 0.6 is 0 Å². The van der Waals surface area contributed by atoms with E-state index in [1.165, 1.54) is 0 Å². The van der Waals surface area contributed by atoms with Crippen molar-refractivity contribution in [3.8, 4) is 5.75 Å². The lowest BCUT2D eigenvalue weighted by Gasteiger charge is -2.07. The maximum Gasteiger partial charge on any atom is 0.269 e. The Morgan fingerprint density at radius 1 is 1.57 bits per heavy atom. The summed E-state index contributed by atoms with van der Waals surface area (Å²) in [5.41, 5.74) is -1.64.